The van der Waals surface area contributed by atoms with Crippen LogP contribution >= 0.6 is 27.5 Å². The molecule has 0 radical (unpaired) electrons. The molecule has 18 heavy (non-hydrogen) atoms. The molecule has 0 bridgehead atoms. The zero-order valence-corrected chi connectivity index (χ0v) is 12.1. The molecule has 98 valence electrons. The van der Waals surface area contributed by atoms with Crippen molar-refractivity contribution in [2.45, 2.75) is 24.6 Å². The lowest BCUT2D eigenvalue weighted by Crippen LogP contribution is -2.31. The van der Waals surface area contributed by atoms with E-state index in [1.54, 1.807) is 0 Å². The number of carbonyl (C=O) groups excluding carboxylic acids is 1. The van der Waals surface area contributed by atoms with Crippen LogP contribution in [-0.4, -0.2) is 17.8 Å². The molecule has 1 aromatic carbocycles. The molecule has 1 saturated carbocycles. The van der Waals surface area contributed by atoms with Gasteiger partial charge in [0.25, 0.3) is 5.91 Å². The molecule has 2 unspecified atom stereocenters. The van der Waals surface area contributed by atoms with Gasteiger partial charge in [0.05, 0.1) is 5.56 Å². The van der Waals surface area contributed by atoms with Crippen molar-refractivity contribution in [1.82, 2.24) is 5.32 Å². The van der Waals surface area contributed by atoms with Gasteiger partial charge in [0.1, 0.15) is 5.82 Å². The van der Waals surface area contributed by atoms with Crippen molar-refractivity contribution in [3.63, 3.8) is 0 Å². The number of rotatable bonds is 3. The van der Waals surface area contributed by atoms with Crippen LogP contribution in [0, 0.1) is 11.7 Å². The number of nitrogens with one attached hydrogen (secondary N) is 1. The molecule has 1 fully saturated rings. The van der Waals surface area contributed by atoms with Gasteiger partial charge in [-0.3, -0.25) is 4.79 Å². The van der Waals surface area contributed by atoms with E-state index in [1.165, 1.54) is 18.2 Å². The standard InChI is InChI=1S/C13H14BrClFNO/c14-11-5-4-9(16)6-10(11)13(18)17-7-8-2-1-3-12(8)15/h4-6,8,12H,1-3,7H2,(H,17,18). The number of amides is 1. The number of carbonyl (C=O) groups is 1. The third-order valence-electron chi connectivity index (χ3n) is 3.26. The molecule has 1 aromatic rings. The molecule has 1 amide bonds. The number of alkyl halides is 1. The van der Waals surface area contributed by atoms with E-state index in [2.05, 4.69) is 21.2 Å². The molecule has 0 aliphatic heterocycles. The fourth-order valence-electron chi connectivity index (χ4n) is 2.21. The minimum atomic E-state index is -0.417. The normalized spacial score (nSPS) is 23.1. The Hall–Kier alpha value is -0.610. The highest BCUT2D eigenvalue weighted by Crippen LogP contribution is 2.29. The molecule has 2 atom stereocenters. The highest BCUT2D eigenvalue weighted by atomic mass is 79.9. The summed E-state index contributed by atoms with van der Waals surface area (Å²) in [4.78, 5) is 11.9. The Morgan fingerprint density at radius 1 is 1.50 bits per heavy atom. The van der Waals surface area contributed by atoms with Gasteiger partial charge >= 0.3 is 0 Å². The van der Waals surface area contributed by atoms with Gasteiger partial charge in [-0.15, -0.1) is 11.6 Å². The van der Waals surface area contributed by atoms with Crippen LogP contribution in [0.1, 0.15) is 29.6 Å². The second-order valence-electron chi connectivity index (χ2n) is 4.54. The number of halogens is 3. The molecule has 0 heterocycles. The van der Waals surface area contributed by atoms with Gasteiger partial charge in [-0.05, 0) is 52.9 Å². The molecular weight excluding hydrogens is 321 g/mol. The van der Waals surface area contributed by atoms with Crippen LogP contribution in [0.15, 0.2) is 22.7 Å². The average molecular weight is 335 g/mol. The highest BCUT2D eigenvalue weighted by molar-refractivity contribution is 9.10. The van der Waals surface area contributed by atoms with Crippen molar-refractivity contribution >= 4 is 33.4 Å². The summed E-state index contributed by atoms with van der Waals surface area (Å²) >= 11 is 9.39. The summed E-state index contributed by atoms with van der Waals surface area (Å²) in [6, 6.07) is 4.07. The third kappa shape index (κ3) is 3.23. The summed E-state index contributed by atoms with van der Waals surface area (Å²) in [6.45, 7) is 0.552. The van der Waals surface area contributed by atoms with Gasteiger partial charge in [0.2, 0.25) is 0 Å². The van der Waals surface area contributed by atoms with E-state index in [-0.39, 0.29) is 11.3 Å². The maximum Gasteiger partial charge on any atom is 0.252 e. The van der Waals surface area contributed by atoms with Gasteiger partial charge in [-0.2, -0.15) is 0 Å². The Morgan fingerprint density at radius 3 is 2.94 bits per heavy atom. The van der Waals surface area contributed by atoms with Crippen LogP contribution in [0.25, 0.3) is 0 Å². The number of benzene rings is 1. The van der Waals surface area contributed by atoms with E-state index in [9.17, 15) is 9.18 Å². The first-order valence-electron chi connectivity index (χ1n) is 5.95. The van der Waals surface area contributed by atoms with Crippen LogP contribution in [0.4, 0.5) is 4.39 Å². The van der Waals surface area contributed by atoms with Gasteiger partial charge in [0, 0.05) is 16.4 Å². The summed E-state index contributed by atoms with van der Waals surface area (Å²) in [7, 11) is 0. The highest BCUT2D eigenvalue weighted by Gasteiger charge is 2.25. The topological polar surface area (TPSA) is 29.1 Å². The second kappa shape index (κ2) is 6.02. The molecular formula is C13H14BrClFNO. The molecule has 0 aromatic heterocycles. The van der Waals surface area contributed by atoms with Crippen LogP contribution in [0.2, 0.25) is 0 Å². The lowest BCUT2D eigenvalue weighted by Gasteiger charge is -2.14. The SMILES string of the molecule is O=C(NCC1CCCC1Cl)c1cc(F)ccc1Br. The molecule has 0 saturated heterocycles. The van der Waals surface area contributed by atoms with Gasteiger partial charge in [0.15, 0.2) is 0 Å². The zero-order chi connectivity index (χ0) is 13.1. The van der Waals surface area contributed by atoms with E-state index >= 15 is 0 Å². The average Bonchev–Trinajstić information content (AvgIpc) is 2.75. The van der Waals surface area contributed by atoms with Gasteiger partial charge < -0.3 is 5.32 Å². The predicted octanol–water partition coefficient (Wildman–Crippen LogP) is 3.73. The van der Waals surface area contributed by atoms with Gasteiger partial charge in [-0.25, -0.2) is 4.39 Å². The van der Waals surface area contributed by atoms with E-state index in [4.69, 9.17) is 11.6 Å². The summed E-state index contributed by atoms with van der Waals surface area (Å²) in [5.41, 5.74) is 0.319. The van der Waals surface area contributed by atoms with E-state index in [0.717, 1.165) is 19.3 Å². The Bertz CT molecular complexity index is 455. The first-order chi connectivity index (χ1) is 8.58. The number of hydrogen-bond donors (Lipinski definition) is 1. The van der Waals surface area contributed by atoms with Crippen molar-refractivity contribution in [2.75, 3.05) is 6.54 Å². The number of hydrogen-bond acceptors (Lipinski definition) is 1. The largest absolute Gasteiger partial charge is 0.352 e. The molecule has 2 nitrogen and oxygen atoms in total. The summed E-state index contributed by atoms with van der Waals surface area (Å²) in [5.74, 6) is -0.362. The third-order valence-corrected chi connectivity index (χ3v) is 4.53. The lowest BCUT2D eigenvalue weighted by atomic mass is 10.1. The van der Waals surface area contributed by atoms with Crippen LogP contribution in [0.5, 0.6) is 0 Å². The fourth-order valence-corrected chi connectivity index (χ4v) is 3.01. The minimum Gasteiger partial charge on any atom is -0.352 e. The van der Waals surface area contributed by atoms with Crippen molar-refractivity contribution in [1.29, 1.82) is 0 Å². The smallest absolute Gasteiger partial charge is 0.252 e. The Labute approximate surface area is 119 Å². The van der Waals surface area contributed by atoms with Crippen LogP contribution in [0.3, 0.4) is 0 Å². The van der Waals surface area contributed by atoms with Crippen molar-refractivity contribution in [3.05, 3.63) is 34.1 Å². The Balaban J connectivity index is 1.97. The molecule has 2 rings (SSSR count). The van der Waals surface area contributed by atoms with Crippen LogP contribution < -0.4 is 5.32 Å². The fraction of sp³-hybridized carbons (Fsp3) is 0.462. The Kier molecular flexibility index (Phi) is 4.62. The first kappa shape index (κ1) is 13.8. The van der Waals surface area contributed by atoms with Crippen molar-refractivity contribution < 1.29 is 9.18 Å². The van der Waals surface area contributed by atoms with Gasteiger partial charge in [-0.1, -0.05) is 6.42 Å². The van der Waals surface area contributed by atoms with Crippen molar-refractivity contribution in [3.8, 4) is 0 Å². The Morgan fingerprint density at radius 2 is 2.28 bits per heavy atom. The zero-order valence-electron chi connectivity index (χ0n) is 9.76. The monoisotopic (exact) mass is 333 g/mol. The quantitative estimate of drug-likeness (QED) is 0.839. The van der Waals surface area contributed by atoms with Crippen LogP contribution in [-0.2, 0) is 0 Å². The molecule has 5 heteroatoms. The molecule has 1 aliphatic carbocycles. The molecule has 0 spiro atoms. The predicted molar refractivity (Wildman–Crippen MR) is 73.4 cm³/mol. The summed E-state index contributed by atoms with van der Waals surface area (Å²) in [5, 5.41) is 2.96. The summed E-state index contributed by atoms with van der Waals surface area (Å²) in [6.07, 6.45) is 3.16. The maximum atomic E-state index is 13.1. The molecule has 1 N–H and O–H groups in total. The summed E-state index contributed by atoms with van der Waals surface area (Å²) < 4.78 is 13.7. The first-order valence-corrected chi connectivity index (χ1v) is 7.18. The second-order valence-corrected chi connectivity index (χ2v) is 5.96. The maximum absolute atomic E-state index is 13.1. The van der Waals surface area contributed by atoms with E-state index in [1.807, 2.05) is 0 Å². The van der Waals surface area contributed by atoms with Crippen molar-refractivity contribution in [2.24, 2.45) is 5.92 Å². The van der Waals surface area contributed by atoms with E-state index < -0.39 is 5.82 Å². The minimum absolute atomic E-state index is 0.140. The lowest BCUT2D eigenvalue weighted by molar-refractivity contribution is 0.0946. The molecule has 1 aliphatic rings. The van der Waals surface area contributed by atoms with E-state index in [0.29, 0.717) is 22.5 Å².